The number of anilines is 1. The lowest BCUT2D eigenvalue weighted by atomic mass is 10.2. The van der Waals surface area contributed by atoms with Crippen LogP contribution in [0.1, 0.15) is 6.92 Å². The summed E-state index contributed by atoms with van der Waals surface area (Å²) in [4.78, 5) is 12.0. The number of hydrogen-bond acceptors (Lipinski definition) is 2. The third kappa shape index (κ3) is 4.01. The van der Waals surface area contributed by atoms with Crippen LogP contribution in [0, 0.1) is 11.6 Å². The summed E-state index contributed by atoms with van der Waals surface area (Å²) < 4.78 is 32.1. The molecule has 1 atom stereocenters. The number of benzene rings is 2. The lowest BCUT2D eigenvalue weighted by Crippen LogP contribution is -2.30. The van der Waals surface area contributed by atoms with Gasteiger partial charge in [0.2, 0.25) is 0 Å². The molecule has 0 aliphatic heterocycles. The second kappa shape index (κ2) is 6.67. The monoisotopic (exact) mass is 355 g/mol. The van der Waals surface area contributed by atoms with Crippen molar-refractivity contribution in [1.82, 2.24) is 0 Å². The van der Waals surface area contributed by atoms with E-state index in [1.807, 2.05) is 6.07 Å². The van der Waals surface area contributed by atoms with Crippen molar-refractivity contribution < 1.29 is 18.3 Å². The first-order valence-electron chi connectivity index (χ1n) is 6.14. The zero-order valence-corrected chi connectivity index (χ0v) is 12.7. The minimum atomic E-state index is -1.02. The second-order valence-electron chi connectivity index (χ2n) is 4.31. The molecule has 0 aliphatic carbocycles. The van der Waals surface area contributed by atoms with Gasteiger partial charge < -0.3 is 10.1 Å². The number of ether oxygens (including phenoxy) is 1. The van der Waals surface area contributed by atoms with Gasteiger partial charge in [0.15, 0.2) is 17.7 Å². The maximum atomic E-state index is 13.1. The van der Waals surface area contributed by atoms with Crippen LogP contribution >= 0.6 is 15.9 Å². The van der Waals surface area contributed by atoms with Crippen LogP contribution in [0.5, 0.6) is 5.75 Å². The van der Waals surface area contributed by atoms with E-state index < -0.39 is 23.6 Å². The lowest BCUT2D eigenvalue weighted by molar-refractivity contribution is -0.122. The first-order chi connectivity index (χ1) is 9.97. The van der Waals surface area contributed by atoms with Crippen molar-refractivity contribution in [2.45, 2.75) is 13.0 Å². The van der Waals surface area contributed by atoms with Gasteiger partial charge in [-0.3, -0.25) is 4.79 Å². The predicted molar refractivity (Wildman–Crippen MR) is 79.2 cm³/mol. The van der Waals surface area contributed by atoms with Gasteiger partial charge >= 0.3 is 0 Å². The van der Waals surface area contributed by atoms with Crippen LogP contribution in [0.25, 0.3) is 0 Å². The number of amides is 1. The van der Waals surface area contributed by atoms with Gasteiger partial charge in [0.25, 0.3) is 5.91 Å². The molecule has 110 valence electrons. The summed E-state index contributed by atoms with van der Waals surface area (Å²) in [5, 5.41) is 2.46. The van der Waals surface area contributed by atoms with E-state index in [9.17, 15) is 13.6 Å². The van der Waals surface area contributed by atoms with E-state index in [4.69, 9.17) is 4.74 Å². The van der Waals surface area contributed by atoms with Crippen molar-refractivity contribution in [2.75, 3.05) is 5.32 Å². The van der Waals surface area contributed by atoms with Gasteiger partial charge in [0.05, 0.1) is 4.47 Å². The summed E-state index contributed by atoms with van der Waals surface area (Å²) in [7, 11) is 0. The van der Waals surface area contributed by atoms with Crippen molar-refractivity contribution in [3.63, 3.8) is 0 Å². The Kier molecular flexibility index (Phi) is 4.90. The van der Waals surface area contributed by atoms with E-state index >= 15 is 0 Å². The second-order valence-corrected chi connectivity index (χ2v) is 5.16. The van der Waals surface area contributed by atoms with E-state index in [1.54, 1.807) is 25.1 Å². The molecule has 6 heteroatoms. The minimum Gasteiger partial charge on any atom is -0.480 e. The van der Waals surface area contributed by atoms with Crippen LogP contribution in [-0.2, 0) is 4.79 Å². The molecule has 0 heterocycles. The first-order valence-corrected chi connectivity index (χ1v) is 6.94. The Morgan fingerprint density at radius 1 is 1.19 bits per heavy atom. The van der Waals surface area contributed by atoms with Crippen LogP contribution < -0.4 is 10.1 Å². The third-order valence-electron chi connectivity index (χ3n) is 2.70. The number of hydrogen-bond donors (Lipinski definition) is 1. The summed E-state index contributed by atoms with van der Waals surface area (Å²) in [5.74, 6) is -1.93. The highest BCUT2D eigenvalue weighted by Crippen LogP contribution is 2.25. The Morgan fingerprint density at radius 2 is 1.90 bits per heavy atom. The highest BCUT2D eigenvalue weighted by Gasteiger charge is 2.16. The van der Waals surface area contributed by atoms with Crippen LogP contribution in [0.4, 0.5) is 14.5 Å². The molecule has 1 amide bonds. The van der Waals surface area contributed by atoms with Gasteiger partial charge in [-0.25, -0.2) is 8.78 Å². The topological polar surface area (TPSA) is 38.3 Å². The summed E-state index contributed by atoms with van der Waals surface area (Å²) in [6.45, 7) is 1.56. The number of carbonyl (C=O) groups is 1. The summed E-state index contributed by atoms with van der Waals surface area (Å²) >= 11 is 3.31. The highest BCUT2D eigenvalue weighted by molar-refractivity contribution is 9.10. The average molecular weight is 356 g/mol. The van der Waals surface area contributed by atoms with Gasteiger partial charge in [0, 0.05) is 11.8 Å². The van der Waals surface area contributed by atoms with E-state index in [1.165, 1.54) is 6.07 Å². The standard InChI is InChI=1S/C15H12BrF2NO2/c1-9(21-14-5-3-2-4-11(14)16)15(20)19-10-6-7-12(17)13(18)8-10/h2-9H,1H3,(H,19,20). The average Bonchev–Trinajstić information content (AvgIpc) is 2.45. The van der Waals surface area contributed by atoms with Gasteiger partial charge in [-0.15, -0.1) is 0 Å². The third-order valence-corrected chi connectivity index (χ3v) is 3.35. The van der Waals surface area contributed by atoms with Crippen molar-refractivity contribution >= 4 is 27.5 Å². The molecule has 0 saturated heterocycles. The molecule has 3 nitrogen and oxygen atoms in total. The molecule has 0 bridgehead atoms. The highest BCUT2D eigenvalue weighted by atomic mass is 79.9. The quantitative estimate of drug-likeness (QED) is 0.895. The van der Waals surface area contributed by atoms with Crippen LogP contribution in [-0.4, -0.2) is 12.0 Å². The lowest BCUT2D eigenvalue weighted by Gasteiger charge is -2.15. The number of carbonyl (C=O) groups excluding carboxylic acids is 1. The van der Waals surface area contributed by atoms with Gasteiger partial charge in [-0.05, 0) is 47.1 Å². The smallest absolute Gasteiger partial charge is 0.265 e. The predicted octanol–water partition coefficient (Wildman–Crippen LogP) is 4.13. The molecule has 0 aliphatic rings. The Bertz CT molecular complexity index is 664. The fourth-order valence-corrected chi connectivity index (χ4v) is 1.98. The summed E-state index contributed by atoms with van der Waals surface area (Å²) in [6, 6.07) is 10.2. The number of nitrogens with one attached hydrogen (secondary N) is 1. The summed E-state index contributed by atoms with van der Waals surface area (Å²) in [5.41, 5.74) is 0.168. The van der Waals surface area contributed by atoms with Crippen molar-refractivity contribution in [3.8, 4) is 5.75 Å². The van der Waals surface area contributed by atoms with Crippen LogP contribution in [0.3, 0.4) is 0 Å². The van der Waals surface area contributed by atoms with Crippen LogP contribution in [0.15, 0.2) is 46.9 Å². The van der Waals surface area contributed by atoms with Gasteiger partial charge in [0.1, 0.15) is 5.75 Å². The van der Waals surface area contributed by atoms with E-state index in [0.29, 0.717) is 5.75 Å². The molecule has 2 aromatic rings. The molecule has 2 rings (SSSR count). The van der Waals surface area contributed by atoms with E-state index in [0.717, 1.165) is 16.6 Å². The maximum absolute atomic E-state index is 13.1. The fraction of sp³-hybridized carbons (Fsp3) is 0.133. The molecule has 0 radical (unpaired) electrons. The maximum Gasteiger partial charge on any atom is 0.265 e. The molecule has 21 heavy (non-hydrogen) atoms. The van der Waals surface area contributed by atoms with E-state index in [-0.39, 0.29) is 5.69 Å². The minimum absolute atomic E-state index is 0.168. The molecule has 1 N–H and O–H groups in total. The number of para-hydroxylation sites is 1. The van der Waals surface area contributed by atoms with E-state index in [2.05, 4.69) is 21.2 Å². The van der Waals surface area contributed by atoms with Crippen LogP contribution in [0.2, 0.25) is 0 Å². The van der Waals surface area contributed by atoms with Crippen molar-refractivity contribution in [2.24, 2.45) is 0 Å². The zero-order valence-electron chi connectivity index (χ0n) is 11.1. The Morgan fingerprint density at radius 3 is 2.57 bits per heavy atom. The number of rotatable bonds is 4. The fourth-order valence-electron chi connectivity index (χ4n) is 1.60. The normalized spacial score (nSPS) is 11.8. The number of halogens is 3. The first kappa shape index (κ1) is 15.4. The Hall–Kier alpha value is -1.95. The summed E-state index contributed by atoms with van der Waals surface area (Å²) in [6.07, 6.45) is -0.795. The van der Waals surface area contributed by atoms with Crippen molar-refractivity contribution in [3.05, 3.63) is 58.6 Å². The Balaban J connectivity index is 2.02. The van der Waals surface area contributed by atoms with Gasteiger partial charge in [-0.1, -0.05) is 12.1 Å². The zero-order chi connectivity index (χ0) is 15.4. The molecular formula is C15H12BrF2NO2. The molecule has 0 fully saturated rings. The molecule has 0 saturated carbocycles. The van der Waals surface area contributed by atoms with Crippen molar-refractivity contribution in [1.29, 1.82) is 0 Å². The van der Waals surface area contributed by atoms with Gasteiger partial charge in [-0.2, -0.15) is 0 Å². The Labute approximate surface area is 129 Å². The molecular weight excluding hydrogens is 344 g/mol. The molecule has 0 aromatic heterocycles. The largest absolute Gasteiger partial charge is 0.480 e. The SMILES string of the molecule is CC(Oc1ccccc1Br)C(=O)Nc1ccc(F)c(F)c1. The molecule has 0 spiro atoms. The molecule has 1 unspecified atom stereocenters. The molecule has 2 aromatic carbocycles.